The van der Waals surface area contributed by atoms with E-state index in [0.717, 1.165) is 27.2 Å². The second-order valence-corrected chi connectivity index (χ2v) is 9.41. The molecule has 2 aromatic carbocycles. The van der Waals surface area contributed by atoms with Gasteiger partial charge in [0.25, 0.3) is 0 Å². The molecule has 1 fully saturated rings. The third-order valence-corrected chi connectivity index (χ3v) is 6.45. The monoisotopic (exact) mass is 531 g/mol. The average molecular weight is 532 g/mol. The first-order valence-corrected chi connectivity index (χ1v) is 12.1. The molecule has 0 aliphatic carbocycles. The summed E-state index contributed by atoms with van der Waals surface area (Å²) in [6, 6.07) is 12.7. The number of alkyl halides is 3. The number of fused-ring (bicyclic) bond motifs is 1. The number of rotatable bonds is 8. The first-order valence-electron chi connectivity index (χ1n) is 12.1. The molecule has 3 aromatic rings. The molecule has 12 heteroatoms. The zero-order valence-corrected chi connectivity index (χ0v) is 20.9. The van der Waals surface area contributed by atoms with Crippen molar-refractivity contribution in [2.45, 2.75) is 44.6 Å². The molecule has 2 N–H and O–H groups in total. The summed E-state index contributed by atoms with van der Waals surface area (Å²) in [7, 11) is 1.88. The van der Waals surface area contributed by atoms with Crippen molar-refractivity contribution in [3.63, 3.8) is 0 Å². The van der Waals surface area contributed by atoms with E-state index < -0.39 is 36.0 Å². The van der Waals surface area contributed by atoms with Crippen LogP contribution in [0.2, 0.25) is 0 Å². The molecule has 1 aromatic heterocycles. The van der Waals surface area contributed by atoms with Crippen molar-refractivity contribution >= 4 is 28.8 Å². The second kappa shape index (κ2) is 11.2. The Balaban J connectivity index is 1.37. The van der Waals surface area contributed by atoms with Crippen molar-refractivity contribution in [3.8, 4) is 0 Å². The lowest BCUT2D eigenvalue weighted by atomic mass is 9.96. The van der Waals surface area contributed by atoms with Crippen LogP contribution in [0.25, 0.3) is 11.0 Å². The fourth-order valence-corrected chi connectivity index (χ4v) is 4.49. The van der Waals surface area contributed by atoms with Crippen molar-refractivity contribution in [2.75, 3.05) is 6.54 Å². The van der Waals surface area contributed by atoms with Crippen LogP contribution in [0, 0.1) is 5.92 Å². The van der Waals surface area contributed by atoms with Gasteiger partial charge in [-0.2, -0.15) is 13.2 Å². The number of nitrogens with zero attached hydrogens (tertiary/aromatic N) is 3. The maximum absolute atomic E-state index is 13.0. The van der Waals surface area contributed by atoms with E-state index in [1.54, 1.807) is 6.33 Å². The molecule has 1 aliphatic heterocycles. The molecule has 0 spiro atoms. The molecule has 2 amide bonds. The van der Waals surface area contributed by atoms with E-state index in [2.05, 4.69) is 20.5 Å². The van der Waals surface area contributed by atoms with E-state index in [0.29, 0.717) is 6.42 Å². The molecule has 0 radical (unpaired) electrons. The van der Waals surface area contributed by atoms with Gasteiger partial charge in [-0.05, 0) is 48.9 Å². The molecular weight excluding hydrogens is 503 g/mol. The normalized spacial score (nSPS) is 18.8. The minimum atomic E-state index is -5.20. The van der Waals surface area contributed by atoms with Crippen LogP contribution in [-0.2, 0) is 39.2 Å². The van der Waals surface area contributed by atoms with Crippen molar-refractivity contribution in [3.05, 3.63) is 66.0 Å². The summed E-state index contributed by atoms with van der Waals surface area (Å²) in [6.45, 7) is 1.62. The van der Waals surface area contributed by atoms with Crippen molar-refractivity contribution in [2.24, 2.45) is 13.0 Å². The van der Waals surface area contributed by atoms with Crippen LogP contribution in [0.1, 0.15) is 24.5 Å². The fourth-order valence-electron chi connectivity index (χ4n) is 4.49. The number of carbonyl (C=O) groups excluding carboxylic acids is 3. The second-order valence-electron chi connectivity index (χ2n) is 9.41. The Kier molecular flexibility index (Phi) is 8.00. The molecule has 2 heterocycles. The maximum atomic E-state index is 13.0. The van der Waals surface area contributed by atoms with Crippen LogP contribution in [0.4, 0.5) is 13.2 Å². The van der Waals surface area contributed by atoms with Crippen LogP contribution >= 0.6 is 0 Å². The topological polar surface area (TPSA) is 106 Å². The van der Waals surface area contributed by atoms with Gasteiger partial charge in [0.2, 0.25) is 11.8 Å². The number of amides is 2. The number of hydroxylamine groups is 2. The molecule has 1 saturated heterocycles. The maximum Gasteiger partial charge on any atom is 0.492 e. The van der Waals surface area contributed by atoms with E-state index >= 15 is 0 Å². The molecule has 3 atom stereocenters. The lowest BCUT2D eigenvalue weighted by Gasteiger charge is -2.24. The van der Waals surface area contributed by atoms with E-state index in [4.69, 9.17) is 0 Å². The molecule has 0 bridgehead atoms. The highest BCUT2D eigenvalue weighted by Gasteiger charge is 2.47. The number of halogens is 3. The van der Waals surface area contributed by atoms with Gasteiger partial charge in [-0.15, -0.1) is 5.06 Å². The summed E-state index contributed by atoms with van der Waals surface area (Å²) in [5, 5.41) is 6.04. The fraction of sp³-hybridized carbons (Fsp3) is 0.385. The highest BCUT2D eigenvalue weighted by Crippen LogP contribution is 2.29. The lowest BCUT2D eigenvalue weighted by molar-refractivity contribution is -0.240. The largest absolute Gasteiger partial charge is 0.492 e. The van der Waals surface area contributed by atoms with Gasteiger partial charge in [0, 0.05) is 20.1 Å². The van der Waals surface area contributed by atoms with Crippen molar-refractivity contribution < 1.29 is 32.4 Å². The van der Waals surface area contributed by atoms with Crippen LogP contribution in [0.5, 0.6) is 0 Å². The van der Waals surface area contributed by atoms with Gasteiger partial charge < -0.3 is 20.0 Å². The van der Waals surface area contributed by atoms with Gasteiger partial charge >= 0.3 is 12.1 Å². The Morgan fingerprint density at radius 2 is 1.87 bits per heavy atom. The summed E-state index contributed by atoms with van der Waals surface area (Å²) in [5.41, 5.74) is 3.48. The van der Waals surface area contributed by atoms with Crippen LogP contribution in [0.15, 0.2) is 54.9 Å². The number of carbonyl (C=O) groups is 3. The van der Waals surface area contributed by atoms with Gasteiger partial charge in [-0.25, -0.2) is 9.78 Å². The third kappa shape index (κ3) is 6.49. The number of hydrogen-bond acceptors (Lipinski definition) is 6. The van der Waals surface area contributed by atoms with E-state index in [1.807, 2.05) is 60.1 Å². The molecule has 0 saturated carbocycles. The summed E-state index contributed by atoms with van der Waals surface area (Å²) in [5.74, 6) is -3.81. The van der Waals surface area contributed by atoms with E-state index in [-0.39, 0.29) is 25.4 Å². The first-order chi connectivity index (χ1) is 18.0. The van der Waals surface area contributed by atoms with Crippen LogP contribution in [0.3, 0.4) is 0 Å². The Bertz CT molecular complexity index is 1310. The standard InChI is InChI=1S/C26H28F3N5O4/c1-16(23(35)30-13-18-8-9-21-20(11-18)31-15-33(21)2)32-24(36)22-12-19(10-17-6-4-3-5-7-17)14-34(22)38-25(37)26(27,28)29/h3-9,11,15-16,19,22H,10,12-14H2,1-2H3,(H,30,35)(H,32,36)/t16-,19-,22+/m0/s1. The van der Waals surface area contributed by atoms with Gasteiger partial charge in [0.15, 0.2) is 0 Å². The zero-order valence-electron chi connectivity index (χ0n) is 20.9. The Labute approximate surface area is 216 Å². The van der Waals surface area contributed by atoms with Gasteiger partial charge in [-0.3, -0.25) is 9.59 Å². The van der Waals surface area contributed by atoms with Gasteiger partial charge in [0.05, 0.1) is 17.4 Å². The van der Waals surface area contributed by atoms with E-state index in [9.17, 15) is 27.6 Å². The predicted molar refractivity (Wildman–Crippen MR) is 131 cm³/mol. The highest BCUT2D eigenvalue weighted by molar-refractivity contribution is 5.89. The summed E-state index contributed by atoms with van der Waals surface area (Å²) in [6.07, 6.45) is -2.87. The molecule has 202 valence electrons. The van der Waals surface area contributed by atoms with Crippen molar-refractivity contribution in [1.82, 2.24) is 25.2 Å². The Hall–Kier alpha value is -3.93. The molecule has 1 aliphatic rings. The first kappa shape index (κ1) is 27.1. The van der Waals surface area contributed by atoms with Crippen LogP contribution < -0.4 is 10.6 Å². The quantitative estimate of drug-likeness (QED) is 0.463. The summed E-state index contributed by atoms with van der Waals surface area (Å²) < 4.78 is 40.4. The third-order valence-electron chi connectivity index (χ3n) is 6.45. The minimum absolute atomic E-state index is 0.0502. The number of aryl methyl sites for hydroxylation is 1. The SMILES string of the molecule is C[C@H](NC(=O)[C@H]1C[C@H](Cc2ccccc2)CN1OC(=O)C(F)(F)F)C(=O)NCc1ccc2c(c1)ncn2C. The summed E-state index contributed by atoms with van der Waals surface area (Å²) in [4.78, 5) is 46.0. The number of imidazole rings is 1. The predicted octanol–water partition coefficient (Wildman–Crippen LogP) is 2.65. The highest BCUT2D eigenvalue weighted by atomic mass is 19.4. The molecular formula is C26H28F3N5O4. The minimum Gasteiger partial charge on any atom is -0.360 e. The van der Waals surface area contributed by atoms with Gasteiger partial charge in [-0.1, -0.05) is 36.4 Å². The number of aromatic nitrogens is 2. The van der Waals surface area contributed by atoms with Gasteiger partial charge in [0.1, 0.15) is 12.1 Å². The lowest BCUT2D eigenvalue weighted by Crippen LogP contribution is -2.51. The number of hydrogen-bond donors (Lipinski definition) is 2. The number of benzene rings is 2. The average Bonchev–Trinajstić information content (AvgIpc) is 3.45. The summed E-state index contributed by atoms with van der Waals surface area (Å²) >= 11 is 0. The smallest absolute Gasteiger partial charge is 0.360 e. The number of nitrogens with one attached hydrogen (secondary N) is 2. The Morgan fingerprint density at radius 1 is 1.13 bits per heavy atom. The molecule has 9 nitrogen and oxygen atoms in total. The van der Waals surface area contributed by atoms with Crippen molar-refractivity contribution in [1.29, 1.82) is 0 Å². The Morgan fingerprint density at radius 3 is 2.58 bits per heavy atom. The molecule has 4 rings (SSSR count). The van der Waals surface area contributed by atoms with Crippen LogP contribution in [-0.4, -0.2) is 57.2 Å². The van der Waals surface area contributed by atoms with E-state index in [1.165, 1.54) is 6.92 Å². The molecule has 0 unspecified atom stereocenters. The molecule has 38 heavy (non-hydrogen) atoms. The zero-order chi connectivity index (χ0) is 27.4.